The maximum Gasteiger partial charge on any atom is 0.282 e. The average Bonchev–Trinajstić information content (AvgIpc) is 3.33. The summed E-state index contributed by atoms with van der Waals surface area (Å²) < 4.78 is 0. The first-order valence-corrected chi connectivity index (χ1v) is 9.83. The van der Waals surface area contributed by atoms with Crippen molar-refractivity contribution in [1.29, 1.82) is 0 Å². The van der Waals surface area contributed by atoms with E-state index in [1.165, 1.54) is 16.9 Å². The lowest BCUT2D eigenvalue weighted by Gasteiger charge is -2.37. The van der Waals surface area contributed by atoms with Crippen LogP contribution in [0.1, 0.15) is 21.8 Å². The summed E-state index contributed by atoms with van der Waals surface area (Å²) >= 11 is 1.38. The highest BCUT2D eigenvalue weighted by atomic mass is 32.1. The van der Waals surface area contributed by atoms with Crippen LogP contribution in [0.15, 0.2) is 41.9 Å². The molecule has 2 aliphatic heterocycles. The number of hydrogen-bond acceptors (Lipinski definition) is 5. The molecule has 0 aliphatic carbocycles. The van der Waals surface area contributed by atoms with Crippen LogP contribution in [0.2, 0.25) is 0 Å². The van der Waals surface area contributed by atoms with Crippen molar-refractivity contribution in [2.24, 2.45) is 0 Å². The number of rotatable bonds is 4. The lowest BCUT2D eigenvalue weighted by Crippen LogP contribution is -2.52. The van der Waals surface area contributed by atoms with Gasteiger partial charge in [0.25, 0.3) is 5.91 Å². The van der Waals surface area contributed by atoms with Gasteiger partial charge in [0.1, 0.15) is 0 Å². The van der Waals surface area contributed by atoms with E-state index in [1.807, 2.05) is 33.4 Å². The SMILES string of the molecule is O=C1C[C@@H](N2CCN(C(=O)c3nccs3)CC2)CN1Cc1ccccc1. The van der Waals surface area contributed by atoms with E-state index < -0.39 is 0 Å². The van der Waals surface area contributed by atoms with E-state index in [9.17, 15) is 9.59 Å². The van der Waals surface area contributed by atoms with Crippen molar-refractivity contribution in [3.63, 3.8) is 0 Å². The van der Waals surface area contributed by atoms with Gasteiger partial charge in [-0.25, -0.2) is 4.98 Å². The molecule has 1 aromatic carbocycles. The zero-order chi connectivity index (χ0) is 17.9. The fraction of sp³-hybridized carbons (Fsp3) is 0.421. The molecular weight excluding hydrogens is 348 g/mol. The molecule has 1 atom stereocenters. The van der Waals surface area contributed by atoms with E-state index in [1.54, 1.807) is 6.20 Å². The standard InChI is InChI=1S/C19H22N4O2S/c24-17-12-16(14-23(17)13-15-4-2-1-3-5-15)21-7-9-22(10-8-21)19(25)18-20-6-11-26-18/h1-6,11,16H,7-10,12-14H2/t16-/m1/s1. The molecule has 2 fully saturated rings. The van der Waals surface area contributed by atoms with E-state index in [0.717, 1.165) is 19.6 Å². The number of benzene rings is 1. The number of amides is 2. The van der Waals surface area contributed by atoms with Crippen molar-refractivity contribution in [1.82, 2.24) is 19.7 Å². The highest BCUT2D eigenvalue weighted by Gasteiger charge is 2.35. The molecule has 3 heterocycles. The van der Waals surface area contributed by atoms with E-state index >= 15 is 0 Å². The Morgan fingerprint density at radius 3 is 2.62 bits per heavy atom. The average molecular weight is 370 g/mol. The Kier molecular flexibility index (Phi) is 4.99. The number of carbonyl (C=O) groups excluding carboxylic acids is 2. The Morgan fingerprint density at radius 1 is 1.15 bits per heavy atom. The number of piperazine rings is 1. The van der Waals surface area contributed by atoms with Gasteiger partial charge in [-0.1, -0.05) is 30.3 Å². The molecule has 0 saturated carbocycles. The smallest absolute Gasteiger partial charge is 0.282 e. The topological polar surface area (TPSA) is 56.8 Å². The van der Waals surface area contributed by atoms with Crippen molar-refractivity contribution in [2.75, 3.05) is 32.7 Å². The quantitative estimate of drug-likeness (QED) is 0.822. The summed E-state index contributed by atoms with van der Waals surface area (Å²) in [6, 6.07) is 10.4. The third-order valence-electron chi connectivity index (χ3n) is 5.14. The molecule has 136 valence electrons. The van der Waals surface area contributed by atoms with Crippen LogP contribution in [0.25, 0.3) is 0 Å². The van der Waals surface area contributed by atoms with Crippen molar-refractivity contribution < 1.29 is 9.59 Å². The van der Waals surface area contributed by atoms with Crippen molar-refractivity contribution in [3.8, 4) is 0 Å². The van der Waals surface area contributed by atoms with Gasteiger partial charge in [-0.05, 0) is 5.56 Å². The van der Waals surface area contributed by atoms with Gasteiger partial charge in [0, 0.05) is 63.3 Å². The van der Waals surface area contributed by atoms with E-state index in [-0.39, 0.29) is 17.9 Å². The third-order valence-corrected chi connectivity index (χ3v) is 5.90. The second-order valence-electron chi connectivity index (χ2n) is 6.78. The molecule has 0 N–H and O–H groups in total. The van der Waals surface area contributed by atoms with Crippen LogP contribution in [-0.2, 0) is 11.3 Å². The van der Waals surface area contributed by atoms with Gasteiger partial charge in [0.15, 0.2) is 5.01 Å². The van der Waals surface area contributed by atoms with Crippen LogP contribution < -0.4 is 0 Å². The maximum atomic E-state index is 12.4. The van der Waals surface area contributed by atoms with Crippen LogP contribution in [0.3, 0.4) is 0 Å². The first-order valence-electron chi connectivity index (χ1n) is 8.95. The molecule has 0 spiro atoms. The second-order valence-corrected chi connectivity index (χ2v) is 7.68. The molecular formula is C19H22N4O2S. The first-order chi connectivity index (χ1) is 12.7. The molecule has 6 nitrogen and oxygen atoms in total. The van der Waals surface area contributed by atoms with E-state index in [2.05, 4.69) is 22.0 Å². The Labute approximate surface area is 157 Å². The van der Waals surface area contributed by atoms with Crippen LogP contribution in [0.4, 0.5) is 0 Å². The van der Waals surface area contributed by atoms with Crippen molar-refractivity contribution >= 4 is 23.2 Å². The fourth-order valence-corrected chi connectivity index (χ4v) is 4.31. The molecule has 2 aromatic rings. The minimum atomic E-state index is 0.0212. The van der Waals surface area contributed by atoms with Gasteiger partial charge in [-0.3, -0.25) is 14.5 Å². The molecule has 1 aromatic heterocycles. The Bertz CT molecular complexity index is 757. The van der Waals surface area contributed by atoms with Gasteiger partial charge >= 0.3 is 0 Å². The summed E-state index contributed by atoms with van der Waals surface area (Å²) in [6.07, 6.45) is 2.24. The van der Waals surface area contributed by atoms with E-state index in [4.69, 9.17) is 0 Å². The van der Waals surface area contributed by atoms with E-state index in [0.29, 0.717) is 31.1 Å². The van der Waals surface area contributed by atoms with Crippen LogP contribution in [0.5, 0.6) is 0 Å². The zero-order valence-corrected chi connectivity index (χ0v) is 15.4. The number of likely N-dealkylation sites (tertiary alicyclic amines) is 1. The van der Waals surface area contributed by atoms with Crippen molar-refractivity contribution in [2.45, 2.75) is 19.0 Å². The van der Waals surface area contributed by atoms with Crippen molar-refractivity contribution in [3.05, 3.63) is 52.5 Å². The largest absolute Gasteiger partial charge is 0.337 e. The number of aromatic nitrogens is 1. The van der Waals surface area contributed by atoms with Crippen LogP contribution in [0, 0.1) is 0 Å². The molecule has 2 saturated heterocycles. The number of nitrogens with zero attached hydrogens (tertiary/aromatic N) is 4. The summed E-state index contributed by atoms with van der Waals surface area (Å²) in [7, 11) is 0. The van der Waals surface area contributed by atoms with Crippen LogP contribution in [-0.4, -0.2) is 70.3 Å². The van der Waals surface area contributed by atoms with Gasteiger partial charge in [-0.15, -0.1) is 11.3 Å². The monoisotopic (exact) mass is 370 g/mol. The highest BCUT2D eigenvalue weighted by Crippen LogP contribution is 2.21. The number of hydrogen-bond donors (Lipinski definition) is 0. The molecule has 7 heteroatoms. The van der Waals surface area contributed by atoms with Gasteiger partial charge in [-0.2, -0.15) is 0 Å². The summed E-state index contributed by atoms with van der Waals surface area (Å²) in [5.74, 6) is 0.244. The second kappa shape index (κ2) is 7.55. The number of thiazole rings is 1. The lowest BCUT2D eigenvalue weighted by atomic mass is 10.2. The molecule has 0 unspecified atom stereocenters. The lowest BCUT2D eigenvalue weighted by molar-refractivity contribution is -0.128. The van der Waals surface area contributed by atoms with Gasteiger partial charge < -0.3 is 9.80 Å². The minimum Gasteiger partial charge on any atom is -0.337 e. The molecule has 26 heavy (non-hydrogen) atoms. The Morgan fingerprint density at radius 2 is 1.92 bits per heavy atom. The predicted octanol–water partition coefficient (Wildman–Crippen LogP) is 1.70. The molecule has 2 amide bonds. The Hall–Kier alpha value is -2.25. The predicted molar refractivity (Wildman–Crippen MR) is 99.9 cm³/mol. The first kappa shape index (κ1) is 17.2. The molecule has 0 radical (unpaired) electrons. The third kappa shape index (κ3) is 3.64. The molecule has 0 bridgehead atoms. The summed E-state index contributed by atoms with van der Waals surface area (Å²) in [5.41, 5.74) is 1.17. The normalized spacial score (nSPS) is 21.4. The summed E-state index contributed by atoms with van der Waals surface area (Å²) in [4.78, 5) is 35.1. The zero-order valence-electron chi connectivity index (χ0n) is 14.6. The summed E-state index contributed by atoms with van der Waals surface area (Å²) in [6.45, 7) is 4.47. The highest BCUT2D eigenvalue weighted by molar-refractivity contribution is 7.11. The fourth-order valence-electron chi connectivity index (χ4n) is 3.71. The van der Waals surface area contributed by atoms with Gasteiger partial charge in [0.2, 0.25) is 5.91 Å². The Balaban J connectivity index is 1.31. The maximum absolute atomic E-state index is 12.4. The van der Waals surface area contributed by atoms with Gasteiger partial charge in [0.05, 0.1) is 0 Å². The minimum absolute atomic E-state index is 0.0212. The molecule has 4 rings (SSSR count). The molecule has 2 aliphatic rings. The number of carbonyl (C=O) groups is 2. The summed E-state index contributed by atoms with van der Waals surface area (Å²) in [5, 5.41) is 2.39. The van der Waals surface area contributed by atoms with Crippen LogP contribution >= 0.6 is 11.3 Å².